The molecule has 572 valence electrons. The van der Waals surface area contributed by atoms with Crippen molar-refractivity contribution in [2.45, 2.75) is 120 Å². The SMILES string of the molecule is CC[C@@]1(O)C(=O)OCc2c1cc1n(c2=O)Cc2c-1nc1cc(F)c(C)c3c1c2[C@@H](NC(=O)COCNC(=O)CNC(=O)[C@H](Cc1ccccc1)NC(=O)CNC(=O)CNC(=O)[C@H](CCC(=O)NC[C@H]1O[C@@H](CC(=O)N(C)CC(=O)N(C)CC(=O)N(C)CC(=O)N(C)CC(N)=O)[C@H](O)[C@@H]1O)NC(=O)OC)CC3. The van der Waals surface area contributed by atoms with Crippen LogP contribution in [-0.2, 0) is 113 Å². The van der Waals surface area contributed by atoms with E-state index < -0.39 is 214 Å². The number of benzene rings is 2. The third kappa shape index (κ3) is 19.6. The monoisotopic (exact) mass is 1480 g/mol. The van der Waals surface area contributed by atoms with Crippen LogP contribution in [0.2, 0.25) is 0 Å². The first kappa shape index (κ1) is 80.6. The van der Waals surface area contributed by atoms with Gasteiger partial charge in [-0.1, -0.05) is 37.3 Å². The molecule has 13 N–H and O–H groups in total. The third-order valence-corrected chi connectivity index (χ3v) is 18.5. The molecule has 0 radical (unpaired) electrons. The Balaban J connectivity index is 0.751. The molecule has 1 aliphatic carbocycles. The quantitative estimate of drug-likeness (QED) is 0.0106. The van der Waals surface area contributed by atoms with Crippen molar-refractivity contribution in [3.63, 3.8) is 0 Å². The Kier molecular flexibility index (Phi) is 27.1. The van der Waals surface area contributed by atoms with Crippen LogP contribution in [0, 0.1) is 12.7 Å². The Morgan fingerprint density at radius 2 is 1.34 bits per heavy atom. The van der Waals surface area contributed by atoms with Gasteiger partial charge in [-0.25, -0.2) is 19.0 Å². The first-order valence-corrected chi connectivity index (χ1v) is 33.7. The predicted octanol–water partition coefficient (Wildman–Crippen LogP) is -5.38. The zero-order valence-electron chi connectivity index (χ0n) is 59.3. The number of amides is 13. The first-order valence-electron chi connectivity index (χ1n) is 33.7. The Hall–Kier alpha value is -11.1. The second-order valence-electron chi connectivity index (χ2n) is 26.0. The zero-order chi connectivity index (χ0) is 77.6. The van der Waals surface area contributed by atoms with Crippen LogP contribution in [0.4, 0.5) is 9.18 Å². The van der Waals surface area contributed by atoms with E-state index in [1.165, 1.54) is 44.9 Å². The van der Waals surface area contributed by atoms with Crippen LogP contribution in [0.25, 0.3) is 22.3 Å². The number of nitrogens with two attached hydrogens (primary N) is 1. The van der Waals surface area contributed by atoms with Gasteiger partial charge in [0.2, 0.25) is 70.9 Å². The summed E-state index contributed by atoms with van der Waals surface area (Å²) in [6.45, 7) is -2.40. The van der Waals surface area contributed by atoms with E-state index in [-0.39, 0.29) is 55.6 Å². The molecule has 38 heteroatoms. The summed E-state index contributed by atoms with van der Waals surface area (Å²) >= 11 is 0. The zero-order valence-corrected chi connectivity index (χ0v) is 59.3. The van der Waals surface area contributed by atoms with Gasteiger partial charge in [0, 0.05) is 70.2 Å². The summed E-state index contributed by atoms with van der Waals surface area (Å²) in [5.74, 6) is -10.4. The number of methoxy groups -OCH3 is 1. The number of pyridine rings is 2. The largest absolute Gasteiger partial charge is 0.458 e. The summed E-state index contributed by atoms with van der Waals surface area (Å²) in [7, 11) is 6.22. The van der Waals surface area contributed by atoms with Gasteiger partial charge in [-0.3, -0.25) is 62.3 Å². The minimum absolute atomic E-state index is 0.0119. The van der Waals surface area contributed by atoms with E-state index in [1.54, 1.807) is 44.2 Å². The molecule has 0 unspecified atom stereocenters. The number of ether oxygens (including phenoxy) is 4. The average molecular weight is 1480 g/mol. The number of aliphatic hydroxyl groups is 3. The Morgan fingerprint density at radius 1 is 0.736 bits per heavy atom. The van der Waals surface area contributed by atoms with Crippen LogP contribution in [0.5, 0.6) is 0 Å². The number of aryl methyl sites for hydroxylation is 1. The molecule has 4 aliphatic rings. The lowest BCUT2D eigenvalue weighted by Gasteiger charge is -2.31. The van der Waals surface area contributed by atoms with Crippen molar-refractivity contribution in [2.75, 3.05) is 101 Å². The maximum atomic E-state index is 15.5. The maximum Gasteiger partial charge on any atom is 0.407 e. The first-order chi connectivity index (χ1) is 50.2. The number of fused-ring (bicyclic) bond motifs is 5. The topological polar surface area (TPSA) is 507 Å². The third-order valence-electron chi connectivity index (χ3n) is 18.5. The van der Waals surface area contributed by atoms with Crippen molar-refractivity contribution >= 4 is 93.9 Å². The van der Waals surface area contributed by atoms with Gasteiger partial charge in [0.05, 0.1) is 101 Å². The van der Waals surface area contributed by atoms with Crippen molar-refractivity contribution in [3.8, 4) is 11.4 Å². The molecule has 106 heavy (non-hydrogen) atoms. The molecule has 37 nitrogen and oxygen atoms in total. The Morgan fingerprint density at radius 3 is 1.97 bits per heavy atom. The summed E-state index contributed by atoms with van der Waals surface area (Å²) in [5.41, 5.74) is 6.48. The fourth-order valence-corrected chi connectivity index (χ4v) is 12.5. The smallest absolute Gasteiger partial charge is 0.407 e. The average Bonchev–Trinajstić information content (AvgIpc) is 1.52. The van der Waals surface area contributed by atoms with E-state index in [4.69, 9.17) is 24.9 Å². The minimum Gasteiger partial charge on any atom is -0.458 e. The number of cyclic esters (lactones) is 1. The summed E-state index contributed by atoms with van der Waals surface area (Å²) in [4.78, 5) is 203. The van der Waals surface area contributed by atoms with Gasteiger partial charge in [0.1, 0.15) is 56.2 Å². The highest BCUT2D eigenvalue weighted by Crippen LogP contribution is 2.46. The van der Waals surface area contributed by atoms with Gasteiger partial charge >= 0.3 is 12.1 Å². The van der Waals surface area contributed by atoms with Crippen molar-refractivity contribution < 1.29 is 106 Å². The van der Waals surface area contributed by atoms with Crippen LogP contribution < -0.4 is 53.8 Å². The molecule has 13 amide bonds. The highest BCUT2D eigenvalue weighted by molar-refractivity contribution is 5.96. The van der Waals surface area contributed by atoms with E-state index >= 15 is 4.39 Å². The number of hydrogen-bond donors (Lipinski definition) is 12. The number of aromatic nitrogens is 2. The standard InChI is InChI=1S/C68H86FN15O22/c1-8-68(102)39-19-45-60-37(26-84(45)65(99)38(39)31-105-66(68)100)59-41(15-14-36-34(2)40(69)20-43(78-60)58(36)59)76-53(90)32-104-33-75-51(88)24-74-64(98)44(18-35-12-10-9-11-13-35)77-52(89)25-72-50(87)23-73-63(97)42(79-67(101)103-7)16-17-49(86)71-22-47-62(96)61(95)46(106-47)21-54(91)81(4)28-56(93)83(6)30-57(94)82(5)29-55(92)80(3)27-48(70)85/h9-13,19-20,41-42,44,46-47,61-62,95-96,102H,8,14-18,21-33H2,1-7H3,(H2,70,85)(H,71,86)(H,72,87)(H,73,97)(H,74,98)(H,75,88)(H,76,90)(H,77,89)(H,79,101)/t41-,42-,44-,46-,47+,61-,62+,68-/m0/s1. The van der Waals surface area contributed by atoms with Crippen LogP contribution in [0.1, 0.15) is 84.0 Å². The molecule has 1 fully saturated rings. The van der Waals surface area contributed by atoms with E-state index in [0.29, 0.717) is 57.4 Å². The predicted molar refractivity (Wildman–Crippen MR) is 365 cm³/mol. The molecule has 1 saturated heterocycles. The summed E-state index contributed by atoms with van der Waals surface area (Å²) in [6.07, 6.45) is -7.68. The number of carbonyl (C=O) groups excluding carboxylic acids is 14. The second kappa shape index (κ2) is 35.6. The van der Waals surface area contributed by atoms with E-state index in [2.05, 4.69) is 47.3 Å². The number of nitrogens with zero attached hydrogens (tertiary/aromatic N) is 6. The van der Waals surface area contributed by atoms with Gasteiger partial charge in [-0.2, -0.15) is 0 Å². The molecule has 2 aromatic carbocycles. The van der Waals surface area contributed by atoms with Gasteiger partial charge in [-0.05, 0) is 60.9 Å². The van der Waals surface area contributed by atoms with Crippen LogP contribution in [0.3, 0.4) is 0 Å². The van der Waals surface area contributed by atoms with E-state index in [9.17, 15) is 87.2 Å². The number of likely N-dealkylation sites (N-methyl/N-ethyl adjacent to an activating group) is 4. The van der Waals surface area contributed by atoms with Gasteiger partial charge in [0.25, 0.3) is 5.56 Å². The number of hydrogen-bond acceptors (Lipinski definition) is 23. The number of primary amides is 1. The van der Waals surface area contributed by atoms with Gasteiger partial charge in [0.15, 0.2) is 5.60 Å². The van der Waals surface area contributed by atoms with Crippen molar-refractivity contribution in [1.29, 1.82) is 0 Å². The minimum atomic E-state index is -2.09. The Bertz CT molecular complexity index is 4180. The molecule has 2 aromatic heterocycles. The molecule has 8 atom stereocenters. The van der Waals surface area contributed by atoms with E-state index in [1.807, 2.05) is 0 Å². The molecule has 4 aromatic rings. The van der Waals surface area contributed by atoms with Gasteiger partial charge < -0.3 is 107 Å². The molecule has 3 aliphatic heterocycles. The fourth-order valence-electron chi connectivity index (χ4n) is 12.5. The maximum absolute atomic E-state index is 15.5. The van der Waals surface area contributed by atoms with E-state index in [0.717, 1.165) is 26.7 Å². The van der Waals surface area contributed by atoms with Crippen molar-refractivity contribution in [2.24, 2.45) is 5.73 Å². The molecule has 0 spiro atoms. The van der Waals surface area contributed by atoms with Crippen molar-refractivity contribution in [3.05, 3.63) is 97.6 Å². The number of nitrogens with one attached hydrogen (secondary N) is 8. The Labute approximate surface area is 605 Å². The molecular formula is C68H86FN15O22. The number of aliphatic hydroxyl groups excluding tert-OH is 2. The van der Waals surface area contributed by atoms with Crippen LogP contribution >= 0.6 is 0 Å². The molecule has 0 saturated carbocycles. The number of esters is 1. The second-order valence-corrected chi connectivity index (χ2v) is 26.0. The molecule has 5 heterocycles. The molecule has 8 rings (SSSR count). The number of carbonyl (C=O) groups is 14. The molecule has 0 bridgehead atoms. The van der Waals surface area contributed by atoms with Gasteiger partial charge in [-0.15, -0.1) is 0 Å². The van der Waals surface area contributed by atoms with Crippen LogP contribution in [-0.4, -0.2) is 265 Å². The number of rotatable bonds is 33. The summed E-state index contributed by atoms with van der Waals surface area (Å²) < 4.78 is 37.9. The lowest BCUT2D eigenvalue weighted by Crippen LogP contribution is -2.53. The molecular weight excluding hydrogens is 1400 g/mol. The number of halogens is 1. The van der Waals surface area contributed by atoms with Crippen molar-refractivity contribution in [1.82, 2.24) is 71.7 Å². The summed E-state index contributed by atoms with van der Waals surface area (Å²) in [5, 5.41) is 53.2. The summed E-state index contributed by atoms with van der Waals surface area (Å²) in [6, 6.07) is 7.82. The lowest BCUT2D eigenvalue weighted by molar-refractivity contribution is -0.172. The van der Waals surface area contributed by atoms with Crippen LogP contribution in [0.15, 0.2) is 47.3 Å². The highest BCUT2D eigenvalue weighted by atomic mass is 19.1. The lowest BCUT2D eigenvalue weighted by atomic mass is 9.81. The normalized spacial score (nSPS) is 18.5. The highest BCUT2D eigenvalue weighted by Gasteiger charge is 2.47. The number of alkyl carbamates (subject to hydrolysis) is 1. The fraction of sp³-hybridized carbons (Fsp3) is 0.500.